The Morgan fingerprint density at radius 3 is 2.75 bits per heavy atom. The summed E-state index contributed by atoms with van der Waals surface area (Å²) in [5, 5.41) is 2.24. The molecule has 3 heteroatoms. The maximum atomic E-state index is 12.1. The van der Waals surface area contributed by atoms with Crippen LogP contribution < -0.4 is 0 Å². The van der Waals surface area contributed by atoms with Crippen LogP contribution in [0, 0.1) is 5.92 Å². The number of carbonyl (C=O) groups is 1. The molecular weight excluding hydrogens is 268 g/mol. The zero-order valence-corrected chi connectivity index (χ0v) is 12.6. The first-order chi connectivity index (χ1) is 9.76. The second-order valence-corrected chi connectivity index (χ2v) is 6.14. The third-order valence-electron chi connectivity index (χ3n) is 4.15. The lowest BCUT2D eigenvalue weighted by Crippen LogP contribution is -2.21. The van der Waals surface area contributed by atoms with E-state index in [0.29, 0.717) is 0 Å². The van der Waals surface area contributed by atoms with Gasteiger partial charge in [-0.3, -0.25) is 4.79 Å². The highest BCUT2D eigenvalue weighted by Gasteiger charge is 2.41. The molecule has 1 aromatic heterocycles. The average molecular weight is 286 g/mol. The van der Waals surface area contributed by atoms with Gasteiger partial charge in [0.1, 0.15) is 0 Å². The molecule has 0 radical (unpaired) electrons. The number of carbonyl (C=O) groups excluding carboxylic acids is 1. The Morgan fingerprint density at radius 2 is 2.10 bits per heavy atom. The average Bonchev–Trinajstić information content (AvgIpc) is 3.05. The Balaban J connectivity index is 2.10. The van der Waals surface area contributed by atoms with Gasteiger partial charge in [-0.2, -0.15) is 0 Å². The first-order valence-electron chi connectivity index (χ1n) is 6.98. The topological polar surface area (TPSA) is 26.3 Å². The molecule has 0 unspecified atom stereocenters. The Kier molecular flexibility index (Phi) is 3.62. The smallest absolute Gasteiger partial charge is 0.309 e. The number of rotatable bonds is 3. The number of esters is 1. The molecule has 104 valence electrons. The van der Waals surface area contributed by atoms with E-state index in [4.69, 9.17) is 4.74 Å². The van der Waals surface area contributed by atoms with Crippen molar-refractivity contribution in [3.63, 3.8) is 0 Å². The molecule has 0 spiro atoms. The fourth-order valence-electron chi connectivity index (χ4n) is 3.20. The van der Waals surface area contributed by atoms with Gasteiger partial charge in [0.15, 0.2) is 0 Å². The minimum absolute atomic E-state index is 0.0739. The summed E-state index contributed by atoms with van der Waals surface area (Å²) < 4.78 is 5.03. The molecule has 2 aromatic rings. The number of thiophene rings is 1. The molecule has 1 aromatic carbocycles. The summed E-state index contributed by atoms with van der Waals surface area (Å²) in [6.07, 6.45) is 1.83. The van der Waals surface area contributed by atoms with E-state index in [9.17, 15) is 4.79 Å². The summed E-state index contributed by atoms with van der Waals surface area (Å²) in [4.78, 5) is 13.5. The zero-order chi connectivity index (χ0) is 14.1. The van der Waals surface area contributed by atoms with E-state index in [2.05, 4.69) is 24.4 Å². The number of methoxy groups -OCH3 is 1. The minimum Gasteiger partial charge on any atom is -0.469 e. The van der Waals surface area contributed by atoms with Crippen LogP contribution in [0.15, 0.2) is 35.7 Å². The second-order valence-electron chi connectivity index (χ2n) is 5.17. The van der Waals surface area contributed by atoms with Crippen LogP contribution in [0.3, 0.4) is 0 Å². The molecule has 2 nitrogen and oxygen atoms in total. The Bertz CT molecular complexity index is 615. The third kappa shape index (κ3) is 2.06. The Hall–Kier alpha value is -1.61. The van der Waals surface area contributed by atoms with Crippen molar-refractivity contribution in [1.82, 2.24) is 0 Å². The van der Waals surface area contributed by atoms with E-state index in [-0.39, 0.29) is 17.8 Å². The van der Waals surface area contributed by atoms with Crippen LogP contribution in [0.2, 0.25) is 0 Å². The van der Waals surface area contributed by atoms with Gasteiger partial charge in [0, 0.05) is 10.8 Å². The monoisotopic (exact) mass is 286 g/mol. The molecule has 0 fully saturated rings. The van der Waals surface area contributed by atoms with Gasteiger partial charge in [-0.15, -0.1) is 11.3 Å². The second kappa shape index (κ2) is 5.41. The van der Waals surface area contributed by atoms with Gasteiger partial charge in [-0.25, -0.2) is 0 Å². The molecule has 2 atom stereocenters. The summed E-state index contributed by atoms with van der Waals surface area (Å²) in [5.74, 6) is -0.0145. The van der Waals surface area contributed by atoms with Crippen LogP contribution in [0.25, 0.3) is 0 Å². The standard InChI is InChI=1S/C17H18O2S/c1-3-11-10-20-14-9-13(17(18)19-2)15(16(11)14)12-7-5-4-6-8-12/h4-8,10,13,15H,3,9H2,1-2H3/t13-,15-/m1/s1. The number of hydrogen-bond donors (Lipinski definition) is 0. The summed E-state index contributed by atoms with van der Waals surface area (Å²) in [5.41, 5.74) is 3.97. The zero-order valence-electron chi connectivity index (χ0n) is 11.8. The van der Waals surface area contributed by atoms with Crippen LogP contribution in [-0.4, -0.2) is 13.1 Å². The molecule has 0 amide bonds. The number of hydrogen-bond acceptors (Lipinski definition) is 3. The van der Waals surface area contributed by atoms with Crippen molar-refractivity contribution >= 4 is 17.3 Å². The summed E-state index contributed by atoms with van der Waals surface area (Å²) in [6.45, 7) is 2.18. The lowest BCUT2D eigenvalue weighted by atomic mass is 9.84. The lowest BCUT2D eigenvalue weighted by molar-refractivity contribution is -0.145. The highest BCUT2D eigenvalue weighted by atomic mass is 32.1. The van der Waals surface area contributed by atoms with Gasteiger partial charge in [0.2, 0.25) is 0 Å². The normalized spacial score (nSPS) is 20.7. The highest BCUT2D eigenvalue weighted by molar-refractivity contribution is 7.10. The summed E-state index contributed by atoms with van der Waals surface area (Å²) >= 11 is 1.79. The molecule has 0 bridgehead atoms. The molecule has 0 N–H and O–H groups in total. The van der Waals surface area contributed by atoms with Gasteiger partial charge in [0.25, 0.3) is 0 Å². The van der Waals surface area contributed by atoms with Crippen LogP contribution in [0.5, 0.6) is 0 Å². The first-order valence-corrected chi connectivity index (χ1v) is 7.86. The van der Waals surface area contributed by atoms with E-state index in [1.807, 2.05) is 18.2 Å². The van der Waals surface area contributed by atoms with Crippen molar-refractivity contribution in [3.05, 3.63) is 57.3 Å². The Morgan fingerprint density at radius 1 is 1.35 bits per heavy atom. The largest absolute Gasteiger partial charge is 0.469 e. The summed E-state index contributed by atoms with van der Waals surface area (Å²) in [7, 11) is 1.48. The van der Waals surface area contributed by atoms with Gasteiger partial charge in [0.05, 0.1) is 13.0 Å². The maximum Gasteiger partial charge on any atom is 0.309 e. The quantitative estimate of drug-likeness (QED) is 0.802. The van der Waals surface area contributed by atoms with E-state index in [0.717, 1.165) is 12.8 Å². The van der Waals surface area contributed by atoms with Crippen LogP contribution in [0.1, 0.15) is 34.4 Å². The maximum absolute atomic E-state index is 12.1. The fourth-order valence-corrected chi connectivity index (χ4v) is 4.44. The number of benzene rings is 1. The molecule has 1 aliphatic rings. The van der Waals surface area contributed by atoms with E-state index >= 15 is 0 Å². The van der Waals surface area contributed by atoms with Gasteiger partial charge in [-0.05, 0) is 34.9 Å². The molecule has 0 aliphatic heterocycles. The Labute approximate surface area is 123 Å². The highest BCUT2D eigenvalue weighted by Crippen LogP contribution is 2.47. The van der Waals surface area contributed by atoms with Gasteiger partial charge in [-0.1, -0.05) is 37.3 Å². The predicted octanol–water partition coefficient (Wildman–Crippen LogP) is 3.79. The molecule has 1 aliphatic carbocycles. The molecular formula is C17H18O2S. The van der Waals surface area contributed by atoms with Crippen LogP contribution in [-0.2, 0) is 22.4 Å². The number of aryl methyl sites for hydroxylation is 1. The first kappa shape index (κ1) is 13.4. The van der Waals surface area contributed by atoms with Gasteiger partial charge >= 0.3 is 5.97 Å². The van der Waals surface area contributed by atoms with Crippen LogP contribution in [0.4, 0.5) is 0 Å². The molecule has 3 rings (SSSR count). The number of ether oxygens (including phenoxy) is 1. The van der Waals surface area contributed by atoms with Crippen molar-refractivity contribution in [2.24, 2.45) is 5.92 Å². The number of fused-ring (bicyclic) bond motifs is 1. The van der Waals surface area contributed by atoms with Crippen molar-refractivity contribution in [3.8, 4) is 0 Å². The van der Waals surface area contributed by atoms with E-state index < -0.39 is 0 Å². The third-order valence-corrected chi connectivity index (χ3v) is 5.23. The van der Waals surface area contributed by atoms with Gasteiger partial charge < -0.3 is 4.74 Å². The van der Waals surface area contributed by atoms with Crippen molar-refractivity contribution in [2.45, 2.75) is 25.7 Å². The molecule has 20 heavy (non-hydrogen) atoms. The SMILES string of the molecule is CCc1csc2c1[C@H](c1ccccc1)[C@H](C(=O)OC)C2. The fraction of sp³-hybridized carbons (Fsp3) is 0.353. The van der Waals surface area contributed by atoms with Crippen molar-refractivity contribution in [2.75, 3.05) is 7.11 Å². The van der Waals surface area contributed by atoms with E-state index in [1.165, 1.54) is 28.7 Å². The molecule has 0 saturated carbocycles. The van der Waals surface area contributed by atoms with E-state index in [1.54, 1.807) is 11.3 Å². The van der Waals surface area contributed by atoms with Crippen molar-refractivity contribution < 1.29 is 9.53 Å². The predicted molar refractivity (Wildman–Crippen MR) is 81.2 cm³/mol. The molecule has 1 heterocycles. The lowest BCUT2D eigenvalue weighted by Gasteiger charge is -2.20. The van der Waals surface area contributed by atoms with Crippen LogP contribution >= 0.6 is 11.3 Å². The summed E-state index contributed by atoms with van der Waals surface area (Å²) in [6, 6.07) is 10.3. The minimum atomic E-state index is -0.0932. The molecule has 0 saturated heterocycles. The van der Waals surface area contributed by atoms with Crippen molar-refractivity contribution in [1.29, 1.82) is 0 Å².